The number of nitrogens with zero attached hydrogens (tertiary/aromatic N) is 1. The van der Waals surface area contributed by atoms with E-state index >= 15 is 0 Å². The Kier molecular flexibility index (Phi) is 3.15. The summed E-state index contributed by atoms with van der Waals surface area (Å²) in [5.74, 6) is 1.53. The van der Waals surface area contributed by atoms with Gasteiger partial charge >= 0.3 is 0 Å². The lowest BCUT2D eigenvalue weighted by Crippen LogP contribution is -2.56. The molecule has 0 unspecified atom stereocenters. The van der Waals surface area contributed by atoms with E-state index in [1.54, 1.807) is 0 Å². The predicted octanol–water partition coefficient (Wildman–Crippen LogP) is 4.41. The van der Waals surface area contributed by atoms with Gasteiger partial charge in [-0.15, -0.1) is 0 Å². The van der Waals surface area contributed by atoms with Crippen molar-refractivity contribution in [3.05, 3.63) is 11.6 Å². The Morgan fingerprint density at radius 2 is 1.81 bits per heavy atom. The number of nitriles is 1. The lowest BCUT2D eigenvalue weighted by molar-refractivity contribution is -0.135. The zero-order valence-corrected chi connectivity index (χ0v) is 16.3. The van der Waals surface area contributed by atoms with Gasteiger partial charge in [-0.05, 0) is 86.9 Å². The van der Waals surface area contributed by atoms with Crippen LogP contribution in [-0.4, -0.2) is 16.5 Å². The van der Waals surface area contributed by atoms with Gasteiger partial charge in [0.2, 0.25) is 0 Å². The highest BCUT2D eigenvalue weighted by Gasteiger charge is 2.68. The van der Waals surface area contributed by atoms with Crippen molar-refractivity contribution in [2.24, 2.45) is 39.9 Å². The second kappa shape index (κ2) is 4.82. The minimum Gasteiger partial charge on any atom is -0.390 e. The van der Waals surface area contributed by atoms with Crippen LogP contribution in [0.4, 0.5) is 0 Å². The van der Waals surface area contributed by atoms with Crippen LogP contribution in [0.25, 0.3) is 0 Å². The van der Waals surface area contributed by atoms with Crippen LogP contribution < -0.4 is 0 Å². The topological polar surface area (TPSA) is 61.1 Å². The number of carbonyl (C=O) groups excluding carboxylic acids is 1. The fourth-order valence-electron chi connectivity index (χ4n) is 8.07. The molecule has 4 fully saturated rings. The first-order chi connectivity index (χ1) is 12.2. The van der Waals surface area contributed by atoms with E-state index in [9.17, 15) is 15.2 Å². The summed E-state index contributed by atoms with van der Waals surface area (Å²) in [5.41, 5.74) is 0.593. The summed E-state index contributed by atoms with van der Waals surface area (Å²) in [5, 5.41) is 20.7. The van der Waals surface area contributed by atoms with E-state index in [2.05, 4.69) is 26.0 Å². The van der Waals surface area contributed by atoms with Crippen LogP contribution in [0, 0.1) is 51.2 Å². The molecule has 0 bridgehead atoms. The van der Waals surface area contributed by atoms with E-state index in [4.69, 9.17) is 0 Å². The maximum Gasteiger partial charge on any atom is 0.160 e. The molecule has 0 saturated heterocycles. The lowest BCUT2D eigenvalue weighted by Gasteiger charge is -2.59. The van der Waals surface area contributed by atoms with Gasteiger partial charge in [0.1, 0.15) is 5.92 Å². The van der Waals surface area contributed by atoms with Crippen LogP contribution >= 0.6 is 0 Å². The summed E-state index contributed by atoms with van der Waals surface area (Å²) in [4.78, 5) is 12.9. The van der Waals surface area contributed by atoms with Crippen molar-refractivity contribution in [2.75, 3.05) is 0 Å². The molecule has 1 N–H and O–H groups in total. The van der Waals surface area contributed by atoms with Crippen molar-refractivity contribution in [1.29, 1.82) is 5.26 Å². The molecule has 4 saturated carbocycles. The van der Waals surface area contributed by atoms with Crippen molar-refractivity contribution < 1.29 is 9.90 Å². The summed E-state index contributed by atoms with van der Waals surface area (Å²) < 4.78 is 0. The molecule has 7 atom stereocenters. The molecule has 140 valence electrons. The molecule has 0 amide bonds. The summed E-state index contributed by atoms with van der Waals surface area (Å²) in [6.07, 6.45) is 10.4. The van der Waals surface area contributed by atoms with Crippen molar-refractivity contribution in [3.8, 4) is 6.07 Å². The Balaban J connectivity index is 1.57. The monoisotopic (exact) mass is 353 g/mol. The number of hydrogen-bond donors (Lipinski definition) is 1. The Morgan fingerprint density at radius 3 is 2.46 bits per heavy atom. The zero-order valence-electron chi connectivity index (χ0n) is 16.3. The van der Waals surface area contributed by atoms with Crippen LogP contribution in [0.15, 0.2) is 11.6 Å². The first-order valence-electron chi connectivity index (χ1n) is 10.6. The summed E-state index contributed by atoms with van der Waals surface area (Å²) >= 11 is 0. The molecule has 3 heteroatoms. The SMILES string of the molecule is C[C@]12C[C@@H](C#N)C(=O)C3(CC3)C1=CC[C@@H]1[C@@H]2CC[C@@]2(C)[C@H]1CC[C@]2(C)O. The summed E-state index contributed by atoms with van der Waals surface area (Å²) in [6, 6.07) is 2.35. The largest absolute Gasteiger partial charge is 0.390 e. The third-order valence-electron chi connectivity index (χ3n) is 9.86. The molecule has 0 aromatic heterocycles. The molecule has 3 nitrogen and oxygen atoms in total. The van der Waals surface area contributed by atoms with Crippen LogP contribution in [0.1, 0.15) is 72.1 Å². The molecular weight excluding hydrogens is 322 g/mol. The van der Waals surface area contributed by atoms with Crippen molar-refractivity contribution in [2.45, 2.75) is 77.7 Å². The fourth-order valence-corrected chi connectivity index (χ4v) is 8.07. The van der Waals surface area contributed by atoms with Crippen molar-refractivity contribution in [3.63, 3.8) is 0 Å². The van der Waals surface area contributed by atoms with Crippen LogP contribution in [0.5, 0.6) is 0 Å². The number of ketones is 1. The lowest BCUT2D eigenvalue weighted by atomic mass is 9.44. The predicted molar refractivity (Wildman–Crippen MR) is 98.9 cm³/mol. The van der Waals surface area contributed by atoms with E-state index in [-0.39, 0.29) is 22.0 Å². The molecule has 0 radical (unpaired) electrons. The number of fused-ring (bicyclic) bond motifs is 6. The Morgan fingerprint density at radius 1 is 1.12 bits per heavy atom. The highest BCUT2D eigenvalue weighted by Crippen LogP contribution is 2.72. The molecule has 5 aliphatic rings. The second-order valence-electron chi connectivity index (χ2n) is 10.7. The standard InChI is InChI=1S/C23H31NO2/c1-20-12-14(13-24)19(25)23(10-11-23)18(20)5-4-15-16(20)6-8-21(2)17(15)7-9-22(21,3)26/h5,14-17,26H,4,6-12H2,1-3H3/t14-,15+,16-,17-,20+,21-,22-/m0/s1. The van der Waals surface area contributed by atoms with Gasteiger partial charge < -0.3 is 5.11 Å². The Labute approximate surface area is 156 Å². The van der Waals surface area contributed by atoms with Gasteiger partial charge in [-0.3, -0.25) is 4.79 Å². The highest BCUT2D eigenvalue weighted by atomic mass is 16.3. The molecule has 26 heavy (non-hydrogen) atoms. The third kappa shape index (κ3) is 1.76. The summed E-state index contributed by atoms with van der Waals surface area (Å²) in [7, 11) is 0. The second-order valence-corrected chi connectivity index (χ2v) is 10.7. The average molecular weight is 354 g/mol. The first-order valence-corrected chi connectivity index (χ1v) is 10.6. The van der Waals surface area contributed by atoms with Crippen molar-refractivity contribution in [1.82, 2.24) is 0 Å². The number of allylic oxidation sites excluding steroid dienone is 2. The van der Waals surface area contributed by atoms with E-state index in [0.29, 0.717) is 17.8 Å². The number of aliphatic hydroxyl groups is 1. The maximum atomic E-state index is 12.9. The molecular formula is C23H31NO2. The maximum absolute atomic E-state index is 12.9. The van der Waals surface area contributed by atoms with Crippen molar-refractivity contribution >= 4 is 5.78 Å². The minimum atomic E-state index is -0.553. The fraction of sp³-hybridized carbons (Fsp3) is 0.826. The molecule has 0 aliphatic heterocycles. The van der Waals surface area contributed by atoms with Crippen LogP contribution in [0.3, 0.4) is 0 Å². The number of Topliss-reactive ketones (excluding diaryl/α,β-unsaturated/α-hetero) is 1. The number of hydrogen-bond acceptors (Lipinski definition) is 3. The van der Waals surface area contributed by atoms with Gasteiger partial charge in [-0.25, -0.2) is 0 Å². The van der Waals surface area contributed by atoms with Gasteiger partial charge in [-0.2, -0.15) is 5.26 Å². The quantitative estimate of drug-likeness (QED) is 0.656. The van der Waals surface area contributed by atoms with Gasteiger partial charge in [0.05, 0.1) is 17.1 Å². The van der Waals surface area contributed by atoms with Gasteiger partial charge in [0.25, 0.3) is 0 Å². The number of rotatable bonds is 0. The summed E-state index contributed by atoms with van der Waals surface area (Å²) in [6.45, 7) is 6.72. The molecule has 0 aromatic carbocycles. The van der Waals surface area contributed by atoms with E-state index in [1.807, 2.05) is 6.92 Å². The third-order valence-corrected chi connectivity index (χ3v) is 9.86. The average Bonchev–Trinajstić information content (AvgIpc) is 3.34. The zero-order chi connectivity index (χ0) is 18.5. The minimum absolute atomic E-state index is 0.00347. The van der Waals surface area contributed by atoms with E-state index in [0.717, 1.165) is 51.4 Å². The van der Waals surface area contributed by atoms with Crippen LogP contribution in [-0.2, 0) is 4.79 Å². The molecule has 0 heterocycles. The molecule has 5 rings (SSSR count). The van der Waals surface area contributed by atoms with Gasteiger partial charge in [-0.1, -0.05) is 25.5 Å². The first kappa shape index (κ1) is 17.0. The Bertz CT molecular complexity index is 755. The smallest absolute Gasteiger partial charge is 0.160 e. The van der Waals surface area contributed by atoms with E-state index < -0.39 is 11.5 Å². The normalized spacial score (nSPS) is 54.0. The highest BCUT2D eigenvalue weighted by molar-refractivity contribution is 5.96. The van der Waals surface area contributed by atoms with E-state index in [1.165, 1.54) is 5.57 Å². The van der Waals surface area contributed by atoms with Crippen LogP contribution in [0.2, 0.25) is 0 Å². The molecule has 5 aliphatic carbocycles. The van der Waals surface area contributed by atoms with Gasteiger partial charge in [0, 0.05) is 0 Å². The molecule has 1 spiro atoms. The van der Waals surface area contributed by atoms with Gasteiger partial charge in [0.15, 0.2) is 5.78 Å². The Hall–Kier alpha value is -1.14. The number of carbonyl (C=O) groups is 1. The molecule has 0 aromatic rings.